The van der Waals surface area contributed by atoms with E-state index in [2.05, 4.69) is 35.8 Å². The summed E-state index contributed by atoms with van der Waals surface area (Å²) >= 11 is 0. The summed E-state index contributed by atoms with van der Waals surface area (Å²) in [7, 11) is 0. The van der Waals surface area contributed by atoms with Crippen molar-refractivity contribution in [2.45, 2.75) is 39.7 Å². The second kappa shape index (κ2) is 4.40. The highest BCUT2D eigenvalue weighted by atomic mass is 15.3. The lowest BCUT2D eigenvalue weighted by Crippen LogP contribution is -2.15. The Balaban J connectivity index is 2.48. The van der Waals surface area contributed by atoms with Gasteiger partial charge in [0.2, 0.25) is 0 Å². The Hall–Kier alpha value is -1.91. The molecule has 0 spiro atoms. The first-order valence-electron chi connectivity index (χ1n) is 6.08. The molecule has 18 heavy (non-hydrogen) atoms. The fourth-order valence-electron chi connectivity index (χ4n) is 1.63. The molecule has 96 valence electrons. The zero-order valence-corrected chi connectivity index (χ0v) is 11.3. The third kappa shape index (κ3) is 2.50. The first-order valence-corrected chi connectivity index (χ1v) is 6.08. The molecule has 0 saturated carbocycles. The Morgan fingerprint density at radius 2 is 2.00 bits per heavy atom. The SMILES string of the molecule is CCn1cc(-c2nc(N)cc(C(C)(C)C)n2)cn1. The van der Waals surface area contributed by atoms with Crippen molar-refractivity contribution >= 4 is 5.82 Å². The quantitative estimate of drug-likeness (QED) is 0.881. The van der Waals surface area contributed by atoms with Gasteiger partial charge in [0.25, 0.3) is 0 Å². The second-order valence-corrected chi connectivity index (χ2v) is 5.34. The molecule has 0 aliphatic rings. The number of nitrogen functional groups attached to an aromatic ring is 1. The lowest BCUT2D eigenvalue weighted by molar-refractivity contribution is 0.568. The Kier molecular flexibility index (Phi) is 3.07. The second-order valence-electron chi connectivity index (χ2n) is 5.34. The maximum absolute atomic E-state index is 5.85. The van der Waals surface area contributed by atoms with Crippen LogP contribution in [0.2, 0.25) is 0 Å². The van der Waals surface area contributed by atoms with E-state index in [1.54, 1.807) is 6.20 Å². The maximum Gasteiger partial charge on any atom is 0.164 e. The van der Waals surface area contributed by atoms with E-state index in [1.165, 1.54) is 0 Å². The molecule has 2 aromatic rings. The molecule has 2 heterocycles. The average molecular weight is 245 g/mol. The van der Waals surface area contributed by atoms with Crippen LogP contribution in [0.5, 0.6) is 0 Å². The van der Waals surface area contributed by atoms with Crippen molar-refractivity contribution in [2.75, 3.05) is 5.73 Å². The monoisotopic (exact) mass is 245 g/mol. The third-order valence-electron chi connectivity index (χ3n) is 2.73. The van der Waals surface area contributed by atoms with E-state index >= 15 is 0 Å². The molecule has 2 aromatic heterocycles. The molecular formula is C13H19N5. The smallest absolute Gasteiger partial charge is 0.164 e. The number of hydrogen-bond donors (Lipinski definition) is 1. The highest BCUT2D eigenvalue weighted by molar-refractivity contribution is 5.55. The van der Waals surface area contributed by atoms with Crippen molar-refractivity contribution in [1.29, 1.82) is 0 Å². The van der Waals surface area contributed by atoms with Crippen LogP contribution in [0.4, 0.5) is 5.82 Å². The Bertz CT molecular complexity index is 551. The summed E-state index contributed by atoms with van der Waals surface area (Å²) in [4.78, 5) is 8.86. The largest absolute Gasteiger partial charge is 0.384 e. The summed E-state index contributed by atoms with van der Waals surface area (Å²) in [6, 6.07) is 1.83. The van der Waals surface area contributed by atoms with E-state index in [0.717, 1.165) is 17.8 Å². The number of aromatic nitrogens is 4. The first kappa shape index (κ1) is 12.5. The average Bonchev–Trinajstić information content (AvgIpc) is 2.75. The van der Waals surface area contributed by atoms with Crippen LogP contribution in [-0.2, 0) is 12.0 Å². The predicted octanol–water partition coefficient (Wildman–Crippen LogP) is 2.24. The first-order chi connectivity index (χ1) is 8.40. The molecule has 2 N–H and O–H groups in total. The molecule has 0 amide bonds. The predicted molar refractivity (Wildman–Crippen MR) is 72.0 cm³/mol. The minimum atomic E-state index is -0.0490. The van der Waals surface area contributed by atoms with Crippen LogP contribution in [-0.4, -0.2) is 19.7 Å². The highest BCUT2D eigenvalue weighted by Crippen LogP contribution is 2.24. The molecular weight excluding hydrogens is 226 g/mol. The minimum Gasteiger partial charge on any atom is -0.384 e. The van der Waals surface area contributed by atoms with Gasteiger partial charge in [-0.1, -0.05) is 20.8 Å². The zero-order chi connectivity index (χ0) is 13.3. The number of nitrogens with two attached hydrogens (primary N) is 1. The lowest BCUT2D eigenvalue weighted by atomic mass is 9.92. The fourth-order valence-corrected chi connectivity index (χ4v) is 1.63. The molecule has 0 fully saturated rings. The number of anilines is 1. The van der Waals surface area contributed by atoms with E-state index in [-0.39, 0.29) is 5.41 Å². The van der Waals surface area contributed by atoms with Crippen molar-refractivity contribution in [3.8, 4) is 11.4 Å². The van der Waals surface area contributed by atoms with Crippen LogP contribution in [0.1, 0.15) is 33.4 Å². The summed E-state index contributed by atoms with van der Waals surface area (Å²) in [5.41, 5.74) is 7.64. The minimum absolute atomic E-state index is 0.0490. The molecule has 0 aliphatic heterocycles. The van der Waals surface area contributed by atoms with Gasteiger partial charge in [0.05, 0.1) is 17.5 Å². The molecule has 0 radical (unpaired) electrons. The number of nitrogens with zero attached hydrogens (tertiary/aromatic N) is 4. The molecule has 0 unspecified atom stereocenters. The van der Waals surface area contributed by atoms with E-state index < -0.39 is 0 Å². The summed E-state index contributed by atoms with van der Waals surface area (Å²) < 4.78 is 1.85. The molecule has 5 heteroatoms. The van der Waals surface area contributed by atoms with Crippen LogP contribution in [0.15, 0.2) is 18.5 Å². The number of rotatable bonds is 2. The Morgan fingerprint density at radius 3 is 2.56 bits per heavy atom. The Morgan fingerprint density at radius 1 is 1.28 bits per heavy atom. The van der Waals surface area contributed by atoms with Gasteiger partial charge in [0.1, 0.15) is 5.82 Å². The summed E-state index contributed by atoms with van der Waals surface area (Å²) in [5.74, 6) is 1.13. The van der Waals surface area contributed by atoms with Crippen molar-refractivity contribution in [1.82, 2.24) is 19.7 Å². The van der Waals surface area contributed by atoms with Crippen molar-refractivity contribution in [2.24, 2.45) is 0 Å². The summed E-state index contributed by atoms with van der Waals surface area (Å²) in [5, 5.41) is 4.23. The van der Waals surface area contributed by atoms with Crippen LogP contribution >= 0.6 is 0 Å². The summed E-state index contributed by atoms with van der Waals surface area (Å²) in [6.07, 6.45) is 3.70. The molecule has 0 saturated heterocycles. The van der Waals surface area contributed by atoms with Crippen molar-refractivity contribution in [3.63, 3.8) is 0 Å². The van der Waals surface area contributed by atoms with Gasteiger partial charge >= 0.3 is 0 Å². The molecule has 5 nitrogen and oxygen atoms in total. The topological polar surface area (TPSA) is 69.6 Å². The molecule has 2 rings (SSSR count). The van der Waals surface area contributed by atoms with Crippen LogP contribution in [0.25, 0.3) is 11.4 Å². The van der Waals surface area contributed by atoms with Gasteiger partial charge in [0.15, 0.2) is 5.82 Å². The molecule has 0 bridgehead atoms. The standard InChI is InChI=1S/C13H19N5/c1-5-18-8-9(7-15-18)12-16-10(13(2,3)4)6-11(14)17-12/h6-8H,5H2,1-4H3,(H2,14,16,17). The zero-order valence-electron chi connectivity index (χ0n) is 11.3. The van der Waals surface area contributed by atoms with Gasteiger partial charge in [-0.15, -0.1) is 0 Å². The lowest BCUT2D eigenvalue weighted by Gasteiger charge is -2.18. The molecule has 0 atom stereocenters. The number of aryl methyl sites for hydroxylation is 1. The van der Waals surface area contributed by atoms with Crippen LogP contribution in [0.3, 0.4) is 0 Å². The highest BCUT2D eigenvalue weighted by Gasteiger charge is 2.18. The van der Waals surface area contributed by atoms with Gasteiger partial charge in [-0.3, -0.25) is 4.68 Å². The van der Waals surface area contributed by atoms with Crippen LogP contribution < -0.4 is 5.73 Å². The van der Waals surface area contributed by atoms with Gasteiger partial charge in [-0.2, -0.15) is 5.10 Å². The molecule has 0 aromatic carbocycles. The van der Waals surface area contributed by atoms with Gasteiger partial charge in [-0.25, -0.2) is 9.97 Å². The third-order valence-corrected chi connectivity index (χ3v) is 2.73. The van der Waals surface area contributed by atoms with E-state index in [9.17, 15) is 0 Å². The van der Waals surface area contributed by atoms with Gasteiger partial charge in [-0.05, 0) is 6.92 Å². The number of hydrogen-bond acceptors (Lipinski definition) is 4. The summed E-state index contributed by atoms with van der Waals surface area (Å²) in [6.45, 7) is 9.18. The van der Waals surface area contributed by atoms with Gasteiger partial charge < -0.3 is 5.73 Å². The van der Waals surface area contributed by atoms with Gasteiger partial charge in [0, 0.05) is 24.2 Å². The van der Waals surface area contributed by atoms with E-state index in [0.29, 0.717) is 11.6 Å². The van der Waals surface area contributed by atoms with Crippen molar-refractivity contribution in [3.05, 3.63) is 24.2 Å². The van der Waals surface area contributed by atoms with E-state index in [1.807, 2.05) is 23.9 Å². The molecule has 0 aliphatic carbocycles. The fraction of sp³-hybridized carbons (Fsp3) is 0.462. The normalized spacial score (nSPS) is 11.8. The van der Waals surface area contributed by atoms with Crippen molar-refractivity contribution < 1.29 is 0 Å². The van der Waals surface area contributed by atoms with Crippen LogP contribution in [0, 0.1) is 0 Å². The maximum atomic E-state index is 5.85. The van der Waals surface area contributed by atoms with E-state index in [4.69, 9.17) is 5.73 Å². The Labute approximate surface area is 107 Å².